The molecule has 112 valence electrons. The number of carbonyl (C=O) groups excluding carboxylic acids is 2. The molecule has 2 aliphatic rings. The molecule has 1 heterocycles. The highest BCUT2D eigenvalue weighted by atomic mass is 16.2. The maximum atomic E-state index is 12.1. The first-order chi connectivity index (χ1) is 10.3. The minimum atomic E-state index is 0.0224. The number of hydrogen-bond acceptors (Lipinski definition) is 2. The van der Waals surface area contributed by atoms with E-state index in [-0.39, 0.29) is 24.3 Å². The summed E-state index contributed by atoms with van der Waals surface area (Å²) in [5, 5.41) is 2.81. The minimum absolute atomic E-state index is 0.0224. The quantitative estimate of drug-likeness (QED) is 0.919. The molecule has 3 rings (SSSR count). The fourth-order valence-corrected chi connectivity index (χ4v) is 3.10. The third-order valence-electron chi connectivity index (χ3n) is 4.48. The molecule has 1 saturated heterocycles. The summed E-state index contributed by atoms with van der Waals surface area (Å²) < 4.78 is 0. The molecule has 1 N–H and O–H groups in total. The molecule has 2 atom stereocenters. The zero-order valence-corrected chi connectivity index (χ0v) is 12.3. The zero-order chi connectivity index (χ0) is 14.7. The van der Waals surface area contributed by atoms with Crippen LogP contribution in [0.1, 0.15) is 37.2 Å². The van der Waals surface area contributed by atoms with E-state index in [1.807, 2.05) is 23.1 Å². The van der Waals surface area contributed by atoms with E-state index in [4.69, 9.17) is 0 Å². The van der Waals surface area contributed by atoms with Crippen molar-refractivity contribution in [3.8, 4) is 0 Å². The molecule has 1 aromatic rings. The summed E-state index contributed by atoms with van der Waals surface area (Å²) in [7, 11) is 0. The first-order valence-corrected chi connectivity index (χ1v) is 7.86. The Kier molecular flexibility index (Phi) is 4.23. The Hall–Kier alpha value is -1.84. The Morgan fingerprint density at radius 1 is 1.10 bits per heavy atom. The van der Waals surface area contributed by atoms with Crippen molar-refractivity contribution in [1.82, 2.24) is 10.2 Å². The molecule has 0 bridgehead atoms. The molecular weight excluding hydrogens is 264 g/mol. The number of benzene rings is 1. The average Bonchev–Trinajstić information content (AvgIpc) is 3.35. The summed E-state index contributed by atoms with van der Waals surface area (Å²) in [6, 6.07) is 10.1. The molecule has 1 saturated carbocycles. The van der Waals surface area contributed by atoms with Gasteiger partial charge < -0.3 is 10.2 Å². The molecule has 4 nitrogen and oxygen atoms in total. The smallest absolute Gasteiger partial charge is 0.241 e. The molecule has 0 aromatic heterocycles. The largest absolute Gasteiger partial charge is 0.347 e. The third-order valence-corrected chi connectivity index (χ3v) is 4.48. The van der Waals surface area contributed by atoms with E-state index in [0.717, 1.165) is 32.4 Å². The Bertz CT molecular complexity index is 509. The lowest BCUT2D eigenvalue weighted by Crippen LogP contribution is -2.43. The van der Waals surface area contributed by atoms with Crippen molar-refractivity contribution in [2.45, 2.75) is 31.6 Å². The number of nitrogens with zero attached hydrogens (tertiary/aromatic N) is 1. The highest BCUT2D eigenvalue weighted by Gasteiger charge is 2.43. The maximum Gasteiger partial charge on any atom is 0.241 e. The van der Waals surface area contributed by atoms with Gasteiger partial charge in [0.2, 0.25) is 11.8 Å². The minimum Gasteiger partial charge on any atom is -0.347 e. The summed E-state index contributed by atoms with van der Waals surface area (Å²) >= 11 is 0. The molecule has 0 radical (unpaired) electrons. The first-order valence-electron chi connectivity index (χ1n) is 7.86. The second-order valence-electron chi connectivity index (χ2n) is 6.02. The van der Waals surface area contributed by atoms with E-state index >= 15 is 0 Å². The van der Waals surface area contributed by atoms with Gasteiger partial charge in [0.1, 0.15) is 0 Å². The number of piperidine rings is 1. The van der Waals surface area contributed by atoms with Crippen molar-refractivity contribution >= 4 is 11.8 Å². The molecule has 1 aliphatic heterocycles. The van der Waals surface area contributed by atoms with Gasteiger partial charge in [-0.3, -0.25) is 9.59 Å². The van der Waals surface area contributed by atoms with E-state index in [1.54, 1.807) is 0 Å². The van der Waals surface area contributed by atoms with Gasteiger partial charge in [0, 0.05) is 19.0 Å². The van der Waals surface area contributed by atoms with Gasteiger partial charge in [-0.2, -0.15) is 0 Å². The van der Waals surface area contributed by atoms with Crippen LogP contribution in [0, 0.1) is 5.92 Å². The molecule has 0 spiro atoms. The Balaban J connectivity index is 1.44. The maximum absolute atomic E-state index is 12.1. The number of carbonyl (C=O) groups is 2. The lowest BCUT2D eigenvalue weighted by Gasteiger charge is -2.26. The summed E-state index contributed by atoms with van der Waals surface area (Å²) in [6.07, 6.45) is 4.27. The van der Waals surface area contributed by atoms with Gasteiger partial charge >= 0.3 is 0 Å². The monoisotopic (exact) mass is 286 g/mol. The summed E-state index contributed by atoms with van der Waals surface area (Å²) in [5.41, 5.74) is 1.22. The van der Waals surface area contributed by atoms with E-state index < -0.39 is 0 Å². The van der Waals surface area contributed by atoms with Crippen LogP contribution in [0.4, 0.5) is 0 Å². The molecule has 2 amide bonds. The molecular formula is C17H22N2O2. The fraction of sp³-hybridized carbons (Fsp3) is 0.529. The Morgan fingerprint density at radius 3 is 2.52 bits per heavy atom. The molecule has 2 fully saturated rings. The third kappa shape index (κ3) is 3.43. The van der Waals surface area contributed by atoms with E-state index in [1.165, 1.54) is 12.0 Å². The molecule has 2 unspecified atom stereocenters. The number of amides is 2. The highest BCUT2D eigenvalue weighted by molar-refractivity contribution is 5.88. The summed E-state index contributed by atoms with van der Waals surface area (Å²) in [6.45, 7) is 1.83. The van der Waals surface area contributed by atoms with Crippen LogP contribution in [-0.2, 0) is 9.59 Å². The van der Waals surface area contributed by atoms with Crippen molar-refractivity contribution in [2.75, 3.05) is 19.6 Å². The molecule has 4 heteroatoms. The fourth-order valence-electron chi connectivity index (χ4n) is 3.10. The second-order valence-corrected chi connectivity index (χ2v) is 6.02. The van der Waals surface area contributed by atoms with Crippen molar-refractivity contribution in [2.24, 2.45) is 5.92 Å². The van der Waals surface area contributed by atoms with Crippen LogP contribution < -0.4 is 5.32 Å². The van der Waals surface area contributed by atoms with E-state index in [0.29, 0.717) is 5.92 Å². The topological polar surface area (TPSA) is 49.4 Å². The van der Waals surface area contributed by atoms with Crippen LogP contribution in [0.25, 0.3) is 0 Å². The van der Waals surface area contributed by atoms with Gasteiger partial charge in [0.05, 0.1) is 6.54 Å². The number of rotatable bonds is 4. The van der Waals surface area contributed by atoms with Gasteiger partial charge in [0.25, 0.3) is 0 Å². The molecule has 21 heavy (non-hydrogen) atoms. The van der Waals surface area contributed by atoms with Crippen molar-refractivity contribution in [3.05, 3.63) is 35.9 Å². The second kappa shape index (κ2) is 6.29. The predicted octanol–water partition coefficient (Wildman–Crippen LogP) is 1.92. The summed E-state index contributed by atoms with van der Waals surface area (Å²) in [4.78, 5) is 26.0. The first kappa shape index (κ1) is 14.1. The average molecular weight is 286 g/mol. The van der Waals surface area contributed by atoms with Gasteiger partial charge in [-0.1, -0.05) is 30.3 Å². The van der Waals surface area contributed by atoms with Gasteiger partial charge in [-0.05, 0) is 37.2 Å². The summed E-state index contributed by atoms with van der Waals surface area (Å²) in [5.74, 6) is 0.451. The SMILES string of the molecule is O=C(NCC(=O)N1CCCCC1)C1CC1c1ccccc1. The van der Waals surface area contributed by atoms with Gasteiger partial charge in [-0.15, -0.1) is 0 Å². The van der Waals surface area contributed by atoms with Crippen LogP contribution in [0.2, 0.25) is 0 Å². The standard InChI is InChI=1S/C17H22N2O2/c20-16(19-9-5-2-6-10-19)12-18-17(21)15-11-14(15)13-7-3-1-4-8-13/h1,3-4,7-8,14-15H,2,5-6,9-12H2,(H,18,21). The van der Waals surface area contributed by atoms with Crippen LogP contribution in [0.3, 0.4) is 0 Å². The number of hydrogen-bond donors (Lipinski definition) is 1. The molecule has 1 aliphatic carbocycles. The van der Waals surface area contributed by atoms with E-state index in [2.05, 4.69) is 17.4 Å². The van der Waals surface area contributed by atoms with Gasteiger partial charge in [-0.25, -0.2) is 0 Å². The lowest BCUT2D eigenvalue weighted by atomic mass is 10.1. The number of likely N-dealkylation sites (tertiary alicyclic amines) is 1. The highest BCUT2D eigenvalue weighted by Crippen LogP contribution is 2.47. The molecule has 1 aromatic carbocycles. The van der Waals surface area contributed by atoms with Gasteiger partial charge in [0.15, 0.2) is 0 Å². The normalized spacial score (nSPS) is 24.5. The number of nitrogens with one attached hydrogen (secondary N) is 1. The van der Waals surface area contributed by atoms with Crippen LogP contribution >= 0.6 is 0 Å². The lowest BCUT2D eigenvalue weighted by molar-refractivity contribution is -0.133. The Morgan fingerprint density at radius 2 is 1.81 bits per heavy atom. The van der Waals surface area contributed by atoms with E-state index in [9.17, 15) is 9.59 Å². The van der Waals surface area contributed by atoms with Crippen molar-refractivity contribution < 1.29 is 9.59 Å². The van der Waals surface area contributed by atoms with Crippen LogP contribution in [-0.4, -0.2) is 36.3 Å². The van der Waals surface area contributed by atoms with Crippen molar-refractivity contribution in [3.63, 3.8) is 0 Å². The zero-order valence-electron chi connectivity index (χ0n) is 12.3. The van der Waals surface area contributed by atoms with Crippen molar-refractivity contribution in [1.29, 1.82) is 0 Å². The Labute approximate surface area is 125 Å². The predicted molar refractivity (Wildman–Crippen MR) is 80.7 cm³/mol. The van der Waals surface area contributed by atoms with Crippen LogP contribution in [0.15, 0.2) is 30.3 Å². The van der Waals surface area contributed by atoms with Crippen LogP contribution in [0.5, 0.6) is 0 Å².